The van der Waals surface area contributed by atoms with Gasteiger partial charge in [-0.1, -0.05) is 37.3 Å². The van der Waals surface area contributed by atoms with Gasteiger partial charge in [-0.15, -0.1) is 0 Å². The third-order valence-electron chi connectivity index (χ3n) is 3.36. The van der Waals surface area contributed by atoms with Gasteiger partial charge in [0, 0.05) is 12.1 Å². The Morgan fingerprint density at radius 2 is 1.64 bits per heavy atom. The van der Waals surface area contributed by atoms with E-state index in [2.05, 4.69) is 5.32 Å². The zero-order chi connectivity index (χ0) is 16.1. The molecule has 2 aromatic rings. The van der Waals surface area contributed by atoms with E-state index in [0.717, 1.165) is 16.8 Å². The van der Waals surface area contributed by atoms with E-state index < -0.39 is 0 Å². The van der Waals surface area contributed by atoms with Crippen molar-refractivity contribution in [2.45, 2.75) is 27.2 Å². The fourth-order valence-corrected chi connectivity index (χ4v) is 2.13. The van der Waals surface area contributed by atoms with Crippen molar-refractivity contribution in [3.63, 3.8) is 0 Å². The van der Waals surface area contributed by atoms with Gasteiger partial charge in [-0.05, 0) is 37.1 Å². The van der Waals surface area contributed by atoms with Crippen LogP contribution in [0.15, 0.2) is 42.5 Å². The standard InChI is InChI=1S/C18H19NO3/c1-4-16(20)22-15-11-6-5-10-14(15)18(21)19-17-12(2)8-7-9-13(17)3/h5-11H,4H2,1-3H3,(H,19,21). The molecule has 1 N–H and O–H groups in total. The number of nitrogens with one attached hydrogen (secondary N) is 1. The lowest BCUT2D eigenvalue weighted by molar-refractivity contribution is -0.134. The van der Waals surface area contributed by atoms with Crippen molar-refractivity contribution in [3.8, 4) is 5.75 Å². The van der Waals surface area contributed by atoms with Crippen molar-refractivity contribution in [2.75, 3.05) is 5.32 Å². The van der Waals surface area contributed by atoms with E-state index in [9.17, 15) is 9.59 Å². The minimum atomic E-state index is -0.368. The lowest BCUT2D eigenvalue weighted by Crippen LogP contribution is -2.16. The van der Waals surface area contributed by atoms with E-state index in [0.29, 0.717) is 5.56 Å². The summed E-state index contributed by atoms with van der Waals surface area (Å²) in [5, 5.41) is 2.90. The molecule has 0 bridgehead atoms. The second kappa shape index (κ2) is 6.89. The summed E-state index contributed by atoms with van der Waals surface area (Å²) in [6, 6.07) is 12.5. The third kappa shape index (κ3) is 3.52. The molecule has 22 heavy (non-hydrogen) atoms. The summed E-state index contributed by atoms with van der Waals surface area (Å²) >= 11 is 0. The highest BCUT2D eigenvalue weighted by Crippen LogP contribution is 2.23. The smallest absolute Gasteiger partial charge is 0.310 e. The maximum absolute atomic E-state index is 12.5. The van der Waals surface area contributed by atoms with E-state index in [1.165, 1.54) is 0 Å². The first-order valence-corrected chi connectivity index (χ1v) is 7.20. The van der Waals surface area contributed by atoms with E-state index in [4.69, 9.17) is 4.74 Å². The molecule has 1 amide bonds. The van der Waals surface area contributed by atoms with E-state index >= 15 is 0 Å². The molecule has 0 radical (unpaired) electrons. The highest BCUT2D eigenvalue weighted by molar-refractivity contribution is 6.07. The van der Waals surface area contributed by atoms with Crippen molar-refractivity contribution in [1.29, 1.82) is 0 Å². The zero-order valence-electron chi connectivity index (χ0n) is 13.0. The van der Waals surface area contributed by atoms with E-state index in [1.54, 1.807) is 31.2 Å². The Morgan fingerprint density at radius 1 is 1.00 bits per heavy atom. The molecule has 0 fully saturated rings. The van der Waals surface area contributed by atoms with Crippen molar-refractivity contribution in [3.05, 3.63) is 59.2 Å². The van der Waals surface area contributed by atoms with Crippen LogP contribution >= 0.6 is 0 Å². The highest BCUT2D eigenvalue weighted by atomic mass is 16.5. The van der Waals surface area contributed by atoms with Gasteiger partial charge in [-0.3, -0.25) is 9.59 Å². The molecular weight excluding hydrogens is 278 g/mol. The molecule has 0 spiro atoms. The second-order valence-corrected chi connectivity index (χ2v) is 5.04. The van der Waals surface area contributed by atoms with Crippen molar-refractivity contribution < 1.29 is 14.3 Å². The number of aryl methyl sites for hydroxylation is 2. The van der Waals surface area contributed by atoms with Crippen molar-refractivity contribution in [1.82, 2.24) is 0 Å². The zero-order valence-corrected chi connectivity index (χ0v) is 13.0. The summed E-state index contributed by atoms with van der Waals surface area (Å²) in [6.45, 7) is 5.58. The number of carbonyl (C=O) groups excluding carboxylic acids is 2. The van der Waals surface area contributed by atoms with Gasteiger partial charge in [-0.2, -0.15) is 0 Å². The molecular formula is C18H19NO3. The molecule has 0 atom stereocenters. The Hall–Kier alpha value is -2.62. The van der Waals surface area contributed by atoms with Gasteiger partial charge in [0.2, 0.25) is 0 Å². The minimum absolute atomic E-state index is 0.257. The van der Waals surface area contributed by atoms with Crippen LogP contribution in [0.1, 0.15) is 34.8 Å². The normalized spacial score (nSPS) is 10.1. The fraction of sp³-hybridized carbons (Fsp3) is 0.222. The maximum atomic E-state index is 12.5. The van der Waals surface area contributed by atoms with Gasteiger partial charge in [0.15, 0.2) is 0 Å². The first-order chi connectivity index (χ1) is 10.5. The summed E-state index contributed by atoms with van der Waals surface area (Å²) in [4.78, 5) is 24.0. The van der Waals surface area contributed by atoms with Crippen LogP contribution in [-0.2, 0) is 4.79 Å². The molecule has 0 aliphatic carbocycles. The summed E-state index contributed by atoms with van der Waals surface area (Å²) in [5.74, 6) is -0.387. The molecule has 0 aliphatic heterocycles. The quantitative estimate of drug-likeness (QED) is 0.688. The number of amides is 1. The van der Waals surface area contributed by atoms with Crippen LogP contribution in [0.4, 0.5) is 5.69 Å². The van der Waals surface area contributed by atoms with Crippen LogP contribution in [0, 0.1) is 13.8 Å². The van der Waals surface area contributed by atoms with Crippen LogP contribution in [-0.4, -0.2) is 11.9 Å². The third-order valence-corrected chi connectivity index (χ3v) is 3.36. The Labute approximate surface area is 130 Å². The Balaban J connectivity index is 2.28. The molecule has 2 aromatic carbocycles. The number of hydrogen-bond acceptors (Lipinski definition) is 3. The van der Waals surface area contributed by atoms with Gasteiger partial charge in [0.25, 0.3) is 5.91 Å². The summed E-state index contributed by atoms with van der Waals surface area (Å²) < 4.78 is 5.21. The van der Waals surface area contributed by atoms with Gasteiger partial charge in [0.1, 0.15) is 5.75 Å². The molecule has 0 aromatic heterocycles. The Morgan fingerprint density at radius 3 is 2.27 bits per heavy atom. The van der Waals surface area contributed by atoms with Crippen LogP contribution in [0.3, 0.4) is 0 Å². The summed E-state index contributed by atoms with van der Waals surface area (Å²) in [6.07, 6.45) is 0.257. The van der Waals surface area contributed by atoms with Gasteiger partial charge < -0.3 is 10.1 Å². The van der Waals surface area contributed by atoms with E-state index in [1.807, 2.05) is 32.0 Å². The molecule has 4 nitrogen and oxygen atoms in total. The first-order valence-electron chi connectivity index (χ1n) is 7.20. The summed E-state index contributed by atoms with van der Waals surface area (Å²) in [5.41, 5.74) is 3.09. The van der Waals surface area contributed by atoms with Gasteiger partial charge >= 0.3 is 5.97 Å². The van der Waals surface area contributed by atoms with Gasteiger partial charge in [-0.25, -0.2) is 0 Å². The van der Waals surface area contributed by atoms with Crippen LogP contribution < -0.4 is 10.1 Å². The molecule has 0 heterocycles. The molecule has 114 valence electrons. The molecule has 0 aliphatic rings. The molecule has 0 saturated carbocycles. The maximum Gasteiger partial charge on any atom is 0.310 e. The number of esters is 1. The molecule has 2 rings (SSSR count). The Bertz CT molecular complexity index is 687. The number of anilines is 1. The molecule has 0 saturated heterocycles. The number of hydrogen-bond donors (Lipinski definition) is 1. The van der Waals surface area contributed by atoms with Crippen LogP contribution in [0.25, 0.3) is 0 Å². The largest absolute Gasteiger partial charge is 0.426 e. The fourth-order valence-electron chi connectivity index (χ4n) is 2.13. The monoisotopic (exact) mass is 297 g/mol. The molecule has 0 unspecified atom stereocenters. The predicted octanol–water partition coefficient (Wildman–Crippen LogP) is 3.87. The van der Waals surface area contributed by atoms with Crippen molar-refractivity contribution >= 4 is 17.6 Å². The predicted molar refractivity (Wildman–Crippen MR) is 86.2 cm³/mol. The van der Waals surface area contributed by atoms with Crippen LogP contribution in [0.2, 0.25) is 0 Å². The second-order valence-electron chi connectivity index (χ2n) is 5.04. The van der Waals surface area contributed by atoms with Crippen molar-refractivity contribution in [2.24, 2.45) is 0 Å². The minimum Gasteiger partial charge on any atom is -0.426 e. The first kappa shape index (κ1) is 15.8. The highest BCUT2D eigenvalue weighted by Gasteiger charge is 2.15. The lowest BCUT2D eigenvalue weighted by Gasteiger charge is -2.13. The number of ether oxygens (including phenoxy) is 1. The number of carbonyl (C=O) groups is 2. The van der Waals surface area contributed by atoms with E-state index in [-0.39, 0.29) is 24.0 Å². The number of benzene rings is 2. The van der Waals surface area contributed by atoms with Crippen LogP contribution in [0.5, 0.6) is 5.75 Å². The summed E-state index contributed by atoms with van der Waals surface area (Å²) in [7, 11) is 0. The Kier molecular flexibility index (Phi) is 4.94. The topological polar surface area (TPSA) is 55.4 Å². The average molecular weight is 297 g/mol. The lowest BCUT2D eigenvalue weighted by atomic mass is 10.1. The molecule has 4 heteroatoms. The SMILES string of the molecule is CCC(=O)Oc1ccccc1C(=O)Nc1c(C)cccc1C. The van der Waals surface area contributed by atoms with Gasteiger partial charge in [0.05, 0.1) is 5.56 Å². The average Bonchev–Trinajstić information content (AvgIpc) is 2.51. The number of rotatable bonds is 4. The number of para-hydroxylation sites is 2.